The van der Waals surface area contributed by atoms with E-state index in [4.69, 9.17) is 14.3 Å². The Labute approximate surface area is 96.6 Å². The molecule has 0 radical (unpaired) electrons. The van der Waals surface area contributed by atoms with Gasteiger partial charge in [0, 0.05) is 12.1 Å². The van der Waals surface area contributed by atoms with Crippen molar-refractivity contribution in [3.05, 3.63) is 22.2 Å². The van der Waals surface area contributed by atoms with Crippen molar-refractivity contribution in [3.63, 3.8) is 0 Å². The molecule has 0 atom stereocenters. The van der Waals surface area contributed by atoms with Crippen molar-refractivity contribution in [2.24, 2.45) is 0 Å². The smallest absolute Gasteiger partial charge is 0.175 e. The van der Waals surface area contributed by atoms with E-state index in [1.54, 1.807) is 7.11 Å². The van der Waals surface area contributed by atoms with Crippen LogP contribution in [0, 0.1) is 0 Å². The molecule has 5 heteroatoms. The quantitative estimate of drug-likeness (QED) is 0.854. The summed E-state index contributed by atoms with van der Waals surface area (Å²) in [5, 5.41) is 0. The first-order valence-corrected chi connectivity index (χ1v) is 5.45. The maximum atomic E-state index is 5.58. The zero-order valence-corrected chi connectivity index (χ0v) is 9.96. The number of hydroxylamine groups is 1. The molecule has 0 saturated heterocycles. The monoisotopic (exact) mass is 273 g/mol. The normalized spacial score (nSPS) is 14.0. The van der Waals surface area contributed by atoms with Gasteiger partial charge in [-0.2, -0.15) is 5.48 Å². The van der Waals surface area contributed by atoms with Crippen LogP contribution in [0.2, 0.25) is 0 Å². The number of ether oxygens (including phenoxy) is 2. The molecule has 0 bridgehead atoms. The number of fused-ring (bicyclic) bond motifs is 1. The zero-order chi connectivity index (χ0) is 10.7. The Hall–Kier alpha value is -0.780. The first-order valence-electron chi connectivity index (χ1n) is 4.65. The van der Waals surface area contributed by atoms with Gasteiger partial charge in [-0.25, -0.2) is 0 Å². The predicted octanol–water partition coefficient (Wildman–Crippen LogP) is 1.87. The predicted molar refractivity (Wildman–Crippen MR) is 59.0 cm³/mol. The highest BCUT2D eigenvalue weighted by Gasteiger charge is 2.18. The number of nitrogens with one attached hydrogen (secondary N) is 1. The molecule has 1 aromatic rings. The third-order valence-electron chi connectivity index (χ3n) is 2.13. The lowest BCUT2D eigenvalue weighted by Gasteiger charge is -2.22. The Kier molecular flexibility index (Phi) is 3.45. The molecular formula is C10H12BrNO3. The molecule has 4 nitrogen and oxygen atoms in total. The molecule has 0 unspecified atom stereocenters. The first kappa shape index (κ1) is 10.7. The van der Waals surface area contributed by atoms with Gasteiger partial charge in [-0.15, -0.1) is 0 Å². The molecule has 0 amide bonds. The minimum atomic E-state index is 0.587. The van der Waals surface area contributed by atoms with Gasteiger partial charge in [0.15, 0.2) is 11.5 Å². The van der Waals surface area contributed by atoms with Gasteiger partial charge >= 0.3 is 0 Å². The van der Waals surface area contributed by atoms with E-state index < -0.39 is 0 Å². The van der Waals surface area contributed by atoms with Crippen molar-refractivity contribution in [2.75, 3.05) is 20.3 Å². The van der Waals surface area contributed by atoms with E-state index in [2.05, 4.69) is 21.4 Å². The molecule has 0 aliphatic carbocycles. The summed E-state index contributed by atoms with van der Waals surface area (Å²) in [4.78, 5) is 4.81. The van der Waals surface area contributed by atoms with Crippen LogP contribution in [0.25, 0.3) is 0 Å². The maximum Gasteiger partial charge on any atom is 0.175 e. The molecule has 1 aliphatic heterocycles. The molecule has 0 spiro atoms. The molecule has 15 heavy (non-hydrogen) atoms. The van der Waals surface area contributed by atoms with Gasteiger partial charge in [-0.3, -0.25) is 0 Å². The molecule has 0 aromatic heterocycles. The van der Waals surface area contributed by atoms with Crippen molar-refractivity contribution in [1.82, 2.24) is 5.48 Å². The highest BCUT2D eigenvalue weighted by Crippen LogP contribution is 2.40. The van der Waals surface area contributed by atoms with Crippen LogP contribution in [-0.2, 0) is 11.4 Å². The fourth-order valence-corrected chi connectivity index (χ4v) is 1.88. The summed E-state index contributed by atoms with van der Waals surface area (Å²) in [6.45, 7) is 1.77. The Morgan fingerprint density at radius 3 is 2.80 bits per heavy atom. The second-order valence-corrected chi connectivity index (χ2v) is 3.94. The Bertz CT molecular complexity index is 357. The van der Waals surface area contributed by atoms with Crippen LogP contribution in [0.1, 0.15) is 5.56 Å². The Morgan fingerprint density at radius 2 is 2.07 bits per heavy atom. The summed E-state index contributed by atoms with van der Waals surface area (Å²) in [7, 11) is 1.59. The van der Waals surface area contributed by atoms with Gasteiger partial charge in [0.25, 0.3) is 0 Å². The van der Waals surface area contributed by atoms with Crippen LogP contribution in [0.15, 0.2) is 16.6 Å². The topological polar surface area (TPSA) is 39.7 Å². The molecule has 0 saturated carbocycles. The third kappa shape index (κ3) is 2.25. The SMILES string of the molecule is CONCc1ccc(Br)c2c1OCCO2. The minimum Gasteiger partial charge on any atom is -0.486 e. The molecule has 1 aromatic carbocycles. The molecule has 1 aliphatic rings. The molecule has 1 heterocycles. The van der Waals surface area contributed by atoms with Gasteiger partial charge in [0.05, 0.1) is 11.6 Å². The first-order chi connectivity index (χ1) is 7.33. The number of hydrogen-bond donors (Lipinski definition) is 1. The van der Waals surface area contributed by atoms with Crippen LogP contribution in [0.5, 0.6) is 11.5 Å². The standard InChI is InChI=1S/C10H12BrNO3/c1-13-12-6-7-2-3-8(11)10-9(7)14-4-5-15-10/h2-3,12H,4-6H2,1H3. The number of halogens is 1. The van der Waals surface area contributed by atoms with Crippen LogP contribution >= 0.6 is 15.9 Å². The second-order valence-electron chi connectivity index (χ2n) is 3.09. The molecule has 0 fully saturated rings. The largest absolute Gasteiger partial charge is 0.486 e. The number of hydrogen-bond acceptors (Lipinski definition) is 4. The van der Waals surface area contributed by atoms with Crippen LogP contribution in [0.3, 0.4) is 0 Å². The average Bonchev–Trinajstić information content (AvgIpc) is 2.29. The van der Waals surface area contributed by atoms with Crippen molar-refractivity contribution in [2.45, 2.75) is 6.54 Å². The summed E-state index contributed by atoms with van der Waals surface area (Å²) in [5.74, 6) is 1.57. The lowest BCUT2D eigenvalue weighted by molar-refractivity contribution is 0.0848. The summed E-state index contributed by atoms with van der Waals surface area (Å²) >= 11 is 3.43. The van der Waals surface area contributed by atoms with E-state index in [1.807, 2.05) is 12.1 Å². The Balaban J connectivity index is 2.30. The van der Waals surface area contributed by atoms with Gasteiger partial charge in [-0.05, 0) is 22.0 Å². The Morgan fingerprint density at radius 1 is 1.33 bits per heavy atom. The van der Waals surface area contributed by atoms with Gasteiger partial charge in [0.1, 0.15) is 13.2 Å². The summed E-state index contributed by atoms with van der Waals surface area (Å²) in [6, 6.07) is 3.92. The van der Waals surface area contributed by atoms with E-state index in [-0.39, 0.29) is 0 Å². The lowest BCUT2D eigenvalue weighted by atomic mass is 10.2. The molecule has 1 N–H and O–H groups in total. The zero-order valence-electron chi connectivity index (χ0n) is 8.38. The summed E-state index contributed by atoms with van der Waals surface area (Å²) in [5.41, 5.74) is 3.81. The van der Waals surface area contributed by atoms with Crippen molar-refractivity contribution in [1.29, 1.82) is 0 Å². The van der Waals surface area contributed by atoms with E-state index >= 15 is 0 Å². The lowest BCUT2D eigenvalue weighted by Crippen LogP contribution is -2.19. The van der Waals surface area contributed by atoms with Crippen LogP contribution < -0.4 is 15.0 Å². The minimum absolute atomic E-state index is 0.587. The van der Waals surface area contributed by atoms with Crippen molar-refractivity contribution >= 4 is 15.9 Å². The molecular weight excluding hydrogens is 262 g/mol. The highest BCUT2D eigenvalue weighted by molar-refractivity contribution is 9.10. The number of rotatable bonds is 3. The molecule has 2 rings (SSSR count). The van der Waals surface area contributed by atoms with Crippen molar-refractivity contribution < 1.29 is 14.3 Å². The average molecular weight is 274 g/mol. The van der Waals surface area contributed by atoms with E-state index in [0.29, 0.717) is 19.8 Å². The van der Waals surface area contributed by atoms with Gasteiger partial charge < -0.3 is 14.3 Å². The fourth-order valence-electron chi connectivity index (χ4n) is 1.45. The van der Waals surface area contributed by atoms with E-state index in [1.165, 1.54) is 0 Å². The van der Waals surface area contributed by atoms with Crippen molar-refractivity contribution in [3.8, 4) is 11.5 Å². The van der Waals surface area contributed by atoms with Crippen LogP contribution in [-0.4, -0.2) is 20.3 Å². The van der Waals surface area contributed by atoms with Gasteiger partial charge in [-0.1, -0.05) is 6.07 Å². The fraction of sp³-hybridized carbons (Fsp3) is 0.400. The van der Waals surface area contributed by atoms with E-state index in [9.17, 15) is 0 Å². The highest BCUT2D eigenvalue weighted by atomic mass is 79.9. The number of benzene rings is 1. The third-order valence-corrected chi connectivity index (χ3v) is 2.75. The van der Waals surface area contributed by atoms with Gasteiger partial charge in [0.2, 0.25) is 0 Å². The maximum absolute atomic E-state index is 5.58. The van der Waals surface area contributed by atoms with Crippen LogP contribution in [0.4, 0.5) is 0 Å². The summed E-state index contributed by atoms with van der Waals surface area (Å²) < 4.78 is 12.0. The second kappa shape index (κ2) is 4.83. The molecule has 82 valence electrons. The summed E-state index contributed by atoms with van der Waals surface area (Å²) in [6.07, 6.45) is 0. The van der Waals surface area contributed by atoms with E-state index in [0.717, 1.165) is 21.5 Å².